The first kappa shape index (κ1) is 15.7. The number of ether oxygens (including phenoxy) is 2. The zero-order valence-electron chi connectivity index (χ0n) is 11.7. The molecule has 0 amide bonds. The maximum Gasteiger partial charge on any atom is 0.320 e. The minimum absolute atomic E-state index is 0.220. The lowest BCUT2D eigenvalue weighted by Crippen LogP contribution is -2.28. The molecule has 0 spiro atoms. The Hall–Kier alpha value is -1.39. The maximum absolute atomic E-state index is 11.4. The average molecular weight is 265 g/mol. The van der Waals surface area contributed by atoms with Crippen molar-refractivity contribution in [2.75, 3.05) is 26.3 Å². The Bertz CT molecular complexity index is 352. The molecule has 1 N–H and O–H groups in total. The quantitative estimate of drug-likeness (QED) is 0.548. The molecular formula is C15H23NO3. The lowest BCUT2D eigenvalue weighted by atomic mass is 10.2. The Balaban J connectivity index is 1.99. The topological polar surface area (TPSA) is 47.6 Å². The van der Waals surface area contributed by atoms with Gasteiger partial charge in [0.2, 0.25) is 0 Å². The van der Waals surface area contributed by atoms with Gasteiger partial charge >= 0.3 is 5.97 Å². The Morgan fingerprint density at radius 1 is 1.26 bits per heavy atom. The predicted octanol–water partition coefficient (Wildman–Crippen LogP) is 1.99. The maximum atomic E-state index is 11.4. The van der Waals surface area contributed by atoms with Crippen molar-refractivity contribution in [1.82, 2.24) is 5.32 Å². The fraction of sp³-hybridized carbons (Fsp3) is 0.533. The molecule has 0 saturated carbocycles. The molecule has 1 aromatic carbocycles. The first-order chi connectivity index (χ1) is 9.18. The highest BCUT2D eigenvalue weighted by Crippen LogP contribution is 2.00. The molecule has 0 radical (unpaired) electrons. The Morgan fingerprint density at radius 3 is 2.68 bits per heavy atom. The van der Waals surface area contributed by atoms with Gasteiger partial charge in [-0.1, -0.05) is 44.2 Å². The van der Waals surface area contributed by atoms with Crippen LogP contribution in [0.5, 0.6) is 0 Å². The van der Waals surface area contributed by atoms with E-state index in [0.29, 0.717) is 25.7 Å². The van der Waals surface area contributed by atoms with E-state index >= 15 is 0 Å². The zero-order chi connectivity index (χ0) is 13.9. The van der Waals surface area contributed by atoms with Crippen molar-refractivity contribution in [1.29, 1.82) is 0 Å². The second-order valence-electron chi connectivity index (χ2n) is 4.79. The minimum Gasteiger partial charge on any atom is -0.460 e. The second-order valence-corrected chi connectivity index (χ2v) is 4.79. The van der Waals surface area contributed by atoms with E-state index < -0.39 is 0 Å². The number of benzene rings is 1. The van der Waals surface area contributed by atoms with Crippen LogP contribution in [0.2, 0.25) is 0 Å². The van der Waals surface area contributed by atoms with Crippen molar-refractivity contribution in [3.8, 4) is 0 Å². The molecule has 0 aliphatic rings. The molecule has 0 atom stereocenters. The highest BCUT2D eigenvalue weighted by Gasteiger charge is 2.02. The SMILES string of the molecule is CC(C)COCCNCC(=O)OCc1ccccc1. The normalized spacial score (nSPS) is 10.7. The summed E-state index contributed by atoms with van der Waals surface area (Å²) >= 11 is 0. The van der Waals surface area contributed by atoms with Gasteiger partial charge in [0.1, 0.15) is 6.61 Å². The van der Waals surface area contributed by atoms with E-state index in [1.165, 1.54) is 0 Å². The minimum atomic E-state index is -0.243. The largest absolute Gasteiger partial charge is 0.460 e. The van der Waals surface area contributed by atoms with Crippen molar-refractivity contribution in [3.63, 3.8) is 0 Å². The van der Waals surface area contributed by atoms with E-state index in [2.05, 4.69) is 19.2 Å². The highest BCUT2D eigenvalue weighted by atomic mass is 16.5. The molecule has 0 heterocycles. The van der Waals surface area contributed by atoms with E-state index in [1.54, 1.807) is 0 Å². The summed E-state index contributed by atoms with van der Waals surface area (Å²) in [6, 6.07) is 9.64. The van der Waals surface area contributed by atoms with Crippen LogP contribution in [0.1, 0.15) is 19.4 Å². The fourth-order valence-electron chi connectivity index (χ4n) is 1.44. The summed E-state index contributed by atoms with van der Waals surface area (Å²) in [4.78, 5) is 11.4. The van der Waals surface area contributed by atoms with Gasteiger partial charge in [0.25, 0.3) is 0 Å². The molecule has 0 aromatic heterocycles. The third-order valence-corrected chi connectivity index (χ3v) is 2.39. The highest BCUT2D eigenvalue weighted by molar-refractivity contribution is 5.71. The molecule has 1 aromatic rings. The first-order valence-electron chi connectivity index (χ1n) is 6.66. The van der Waals surface area contributed by atoms with Crippen molar-refractivity contribution in [2.24, 2.45) is 5.92 Å². The number of nitrogens with one attached hydrogen (secondary N) is 1. The average Bonchev–Trinajstić information content (AvgIpc) is 2.41. The molecule has 0 aliphatic carbocycles. The van der Waals surface area contributed by atoms with Gasteiger partial charge in [0.15, 0.2) is 0 Å². The molecule has 4 heteroatoms. The van der Waals surface area contributed by atoms with Crippen LogP contribution in [0.3, 0.4) is 0 Å². The van der Waals surface area contributed by atoms with Gasteiger partial charge < -0.3 is 14.8 Å². The number of rotatable bonds is 9. The summed E-state index contributed by atoms with van der Waals surface area (Å²) in [6.45, 7) is 6.78. The smallest absolute Gasteiger partial charge is 0.320 e. The summed E-state index contributed by atoms with van der Waals surface area (Å²) in [5.74, 6) is 0.295. The van der Waals surface area contributed by atoms with Crippen molar-refractivity contribution in [2.45, 2.75) is 20.5 Å². The van der Waals surface area contributed by atoms with Gasteiger partial charge in [-0.25, -0.2) is 0 Å². The Morgan fingerprint density at radius 2 is 2.00 bits per heavy atom. The van der Waals surface area contributed by atoms with E-state index in [1.807, 2.05) is 30.3 Å². The zero-order valence-corrected chi connectivity index (χ0v) is 11.7. The third-order valence-electron chi connectivity index (χ3n) is 2.39. The van der Waals surface area contributed by atoms with Crippen LogP contribution in [0.4, 0.5) is 0 Å². The molecule has 0 saturated heterocycles. The van der Waals surface area contributed by atoms with Crippen LogP contribution in [-0.2, 0) is 20.9 Å². The summed E-state index contributed by atoms with van der Waals surface area (Å²) in [7, 11) is 0. The van der Waals surface area contributed by atoms with Gasteiger partial charge in [-0.05, 0) is 11.5 Å². The standard InChI is InChI=1S/C15H23NO3/c1-13(2)11-18-9-8-16-10-15(17)19-12-14-6-4-3-5-7-14/h3-7,13,16H,8-12H2,1-2H3. The lowest BCUT2D eigenvalue weighted by Gasteiger charge is -2.08. The van der Waals surface area contributed by atoms with Crippen LogP contribution in [0, 0.1) is 5.92 Å². The van der Waals surface area contributed by atoms with E-state index in [4.69, 9.17) is 9.47 Å². The van der Waals surface area contributed by atoms with Crippen LogP contribution in [0.15, 0.2) is 30.3 Å². The predicted molar refractivity (Wildman–Crippen MR) is 74.8 cm³/mol. The molecular weight excluding hydrogens is 242 g/mol. The van der Waals surface area contributed by atoms with Gasteiger partial charge in [0.05, 0.1) is 13.2 Å². The van der Waals surface area contributed by atoms with Gasteiger partial charge in [0, 0.05) is 13.2 Å². The number of carbonyl (C=O) groups is 1. The Labute approximate surface area is 115 Å². The number of esters is 1. The monoisotopic (exact) mass is 265 g/mol. The summed E-state index contributed by atoms with van der Waals surface area (Å²) < 4.78 is 10.5. The third kappa shape index (κ3) is 8.35. The van der Waals surface area contributed by atoms with Gasteiger partial charge in [-0.3, -0.25) is 4.79 Å². The molecule has 4 nitrogen and oxygen atoms in total. The molecule has 106 valence electrons. The van der Waals surface area contributed by atoms with Crippen LogP contribution in [0.25, 0.3) is 0 Å². The molecule has 19 heavy (non-hydrogen) atoms. The molecule has 1 rings (SSSR count). The summed E-state index contributed by atoms with van der Waals surface area (Å²) in [5, 5.41) is 3.00. The Kier molecular flexibility index (Phi) is 7.86. The first-order valence-corrected chi connectivity index (χ1v) is 6.66. The molecule has 0 unspecified atom stereocenters. The van der Waals surface area contributed by atoms with Crippen molar-refractivity contribution < 1.29 is 14.3 Å². The lowest BCUT2D eigenvalue weighted by molar-refractivity contribution is -0.143. The molecule has 0 fully saturated rings. The molecule has 0 bridgehead atoms. The number of hydrogen-bond acceptors (Lipinski definition) is 4. The second kappa shape index (κ2) is 9.53. The van der Waals surface area contributed by atoms with Crippen molar-refractivity contribution in [3.05, 3.63) is 35.9 Å². The van der Waals surface area contributed by atoms with Crippen LogP contribution in [-0.4, -0.2) is 32.3 Å². The van der Waals surface area contributed by atoms with Crippen LogP contribution < -0.4 is 5.32 Å². The van der Waals surface area contributed by atoms with E-state index in [-0.39, 0.29) is 12.5 Å². The van der Waals surface area contributed by atoms with Gasteiger partial charge in [-0.15, -0.1) is 0 Å². The van der Waals surface area contributed by atoms with Gasteiger partial charge in [-0.2, -0.15) is 0 Å². The van der Waals surface area contributed by atoms with Crippen LogP contribution >= 0.6 is 0 Å². The fourth-order valence-corrected chi connectivity index (χ4v) is 1.44. The van der Waals surface area contributed by atoms with E-state index in [0.717, 1.165) is 12.2 Å². The van der Waals surface area contributed by atoms with Crippen molar-refractivity contribution >= 4 is 5.97 Å². The summed E-state index contributed by atoms with van der Waals surface area (Å²) in [6.07, 6.45) is 0. The molecule has 0 aliphatic heterocycles. The van der Waals surface area contributed by atoms with E-state index in [9.17, 15) is 4.79 Å². The summed E-state index contributed by atoms with van der Waals surface area (Å²) in [5.41, 5.74) is 0.996. The number of hydrogen-bond donors (Lipinski definition) is 1. The number of carbonyl (C=O) groups excluding carboxylic acids is 1.